The van der Waals surface area contributed by atoms with Crippen molar-refractivity contribution in [3.8, 4) is 11.1 Å². The highest BCUT2D eigenvalue weighted by atomic mass is 79.9. The molecule has 3 heteroatoms. The van der Waals surface area contributed by atoms with E-state index in [1.165, 1.54) is 0 Å². The van der Waals surface area contributed by atoms with Gasteiger partial charge in [-0.3, -0.25) is 4.79 Å². The Bertz CT molecular complexity index is 566. The molecule has 0 aromatic heterocycles. The molecule has 2 N–H and O–H groups in total. The van der Waals surface area contributed by atoms with E-state index in [9.17, 15) is 4.79 Å². The van der Waals surface area contributed by atoms with E-state index in [1.807, 2.05) is 30.3 Å². The Morgan fingerprint density at radius 3 is 2.25 bits per heavy atom. The lowest BCUT2D eigenvalue weighted by Gasteiger charge is -2.00. The van der Waals surface area contributed by atoms with Gasteiger partial charge in [-0.2, -0.15) is 0 Å². The summed E-state index contributed by atoms with van der Waals surface area (Å²) in [7, 11) is 0. The molecule has 1 aliphatic carbocycles. The highest BCUT2D eigenvalue weighted by Gasteiger charge is 2.26. The monoisotopic (exact) mass is 273 g/mol. The molecule has 0 aliphatic heterocycles. The van der Waals surface area contributed by atoms with Gasteiger partial charge in [0.25, 0.3) is 0 Å². The topological polar surface area (TPSA) is 43.1 Å². The van der Waals surface area contributed by atoms with Crippen LogP contribution in [0.2, 0.25) is 0 Å². The minimum atomic E-state index is 0.0543. The summed E-state index contributed by atoms with van der Waals surface area (Å²) in [5.41, 5.74) is 9.73. The molecular formula is C13H8BrNO. The number of rotatable bonds is 0. The lowest BCUT2D eigenvalue weighted by Crippen LogP contribution is -1.96. The zero-order valence-corrected chi connectivity index (χ0v) is 9.91. The van der Waals surface area contributed by atoms with Gasteiger partial charge in [0.2, 0.25) is 0 Å². The first-order valence-corrected chi connectivity index (χ1v) is 5.70. The molecule has 2 nitrogen and oxygen atoms in total. The average Bonchev–Trinajstić information content (AvgIpc) is 2.53. The Morgan fingerprint density at radius 1 is 0.875 bits per heavy atom. The Kier molecular flexibility index (Phi) is 1.91. The Labute approximate surface area is 101 Å². The number of nitrogen functional groups attached to an aromatic ring is 1. The third-order valence-corrected chi connectivity index (χ3v) is 3.30. The van der Waals surface area contributed by atoms with Gasteiger partial charge in [0.1, 0.15) is 0 Å². The van der Waals surface area contributed by atoms with Crippen molar-refractivity contribution in [1.29, 1.82) is 0 Å². The SMILES string of the molecule is Nc1ccc2c(c1)C(=O)c1cc(Br)ccc1-2. The van der Waals surface area contributed by atoms with E-state index in [1.54, 1.807) is 6.07 Å². The number of hydrogen-bond donors (Lipinski definition) is 1. The largest absolute Gasteiger partial charge is 0.399 e. The number of ketones is 1. The van der Waals surface area contributed by atoms with Crippen LogP contribution in [-0.2, 0) is 0 Å². The fraction of sp³-hybridized carbons (Fsp3) is 0. The predicted octanol–water partition coefficient (Wildman–Crippen LogP) is 3.24. The molecule has 0 amide bonds. The quantitative estimate of drug-likeness (QED) is 0.639. The molecule has 16 heavy (non-hydrogen) atoms. The highest BCUT2D eigenvalue weighted by Crippen LogP contribution is 2.38. The molecule has 0 radical (unpaired) electrons. The van der Waals surface area contributed by atoms with Gasteiger partial charge in [-0.15, -0.1) is 0 Å². The van der Waals surface area contributed by atoms with Crippen molar-refractivity contribution >= 4 is 27.4 Å². The number of fused-ring (bicyclic) bond motifs is 3. The van der Waals surface area contributed by atoms with Crippen LogP contribution >= 0.6 is 15.9 Å². The summed E-state index contributed by atoms with van der Waals surface area (Å²) < 4.78 is 0.917. The van der Waals surface area contributed by atoms with Gasteiger partial charge < -0.3 is 5.73 Å². The number of benzene rings is 2. The Hall–Kier alpha value is -1.61. The van der Waals surface area contributed by atoms with Gasteiger partial charge in [0.05, 0.1) is 0 Å². The van der Waals surface area contributed by atoms with E-state index in [0.29, 0.717) is 11.3 Å². The molecular weight excluding hydrogens is 266 g/mol. The molecule has 1 aliphatic rings. The van der Waals surface area contributed by atoms with Crippen LogP contribution in [0.3, 0.4) is 0 Å². The van der Waals surface area contributed by atoms with Crippen LogP contribution in [-0.4, -0.2) is 5.78 Å². The normalized spacial score (nSPS) is 12.4. The first-order valence-electron chi connectivity index (χ1n) is 4.91. The summed E-state index contributed by atoms with van der Waals surface area (Å²) in [6.07, 6.45) is 0. The highest BCUT2D eigenvalue weighted by molar-refractivity contribution is 9.10. The molecule has 0 heterocycles. The summed E-state index contributed by atoms with van der Waals surface area (Å²) >= 11 is 3.37. The summed E-state index contributed by atoms with van der Waals surface area (Å²) in [5, 5.41) is 0. The molecule has 0 saturated carbocycles. The smallest absolute Gasteiger partial charge is 0.194 e. The maximum absolute atomic E-state index is 12.1. The van der Waals surface area contributed by atoms with Crippen LogP contribution in [0.4, 0.5) is 5.69 Å². The number of anilines is 1. The second-order valence-electron chi connectivity index (χ2n) is 3.82. The number of hydrogen-bond acceptors (Lipinski definition) is 2. The van der Waals surface area contributed by atoms with Crippen molar-refractivity contribution in [3.63, 3.8) is 0 Å². The number of carbonyl (C=O) groups excluding carboxylic acids is 1. The lowest BCUT2D eigenvalue weighted by atomic mass is 10.1. The minimum absolute atomic E-state index is 0.0543. The van der Waals surface area contributed by atoms with Crippen molar-refractivity contribution < 1.29 is 4.79 Å². The van der Waals surface area contributed by atoms with E-state index in [4.69, 9.17) is 5.73 Å². The van der Waals surface area contributed by atoms with Gasteiger partial charge in [0.15, 0.2) is 5.78 Å². The molecule has 0 bridgehead atoms. The van der Waals surface area contributed by atoms with Crippen LogP contribution in [0.1, 0.15) is 15.9 Å². The van der Waals surface area contributed by atoms with E-state index in [2.05, 4.69) is 15.9 Å². The van der Waals surface area contributed by atoms with E-state index in [0.717, 1.165) is 21.2 Å². The van der Waals surface area contributed by atoms with E-state index >= 15 is 0 Å². The minimum Gasteiger partial charge on any atom is -0.399 e. The zero-order chi connectivity index (χ0) is 11.3. The van der Waals surface area contributed by atoms with Crippen LogP contribution in [0.15, 0.2) is 40.9 Å². The van der Waals surface area contributed by atoms with Crippen molar-refractivity contribution in [1.82, 2.24) is 0 Å². The lowest BCUT2D eigenvalue weighted by molar-refractivity contribution is 0.104. The zero-order valence-electron chi connectivity index (χ0n) is 8.33. The summed E-state index contributed by atoms with van der Waals surface area (Å²) in [4.78, 5) is 12.1. The molecule has 0 saturated heterocycles. The number of halogens is 1. The third-order valence-electron chi connectivity index (χ3n) is 2.80. The number of nitrogens with two attached hydrogens (primary N) is 1. The van der Waals surface area contributed by atoms with Gasteiger partial charge in [-0.05, 0) is 35.4 Å². The summed E-state index contributed by atoms with van der Waals surface area (Å²) in [6.45, 7) is 0. The van der Waals surface area contributed by atoms with Gasteiger partial charge in [-0.1, -0.05) is 28.1 Å². The summed E-state index contributed by atoms with van der Waals surface area (Å²) in [5.74, 6) is 0.0543. The van der Waals surface area contributed by atoms with Crippen molar-refractivity contribution in [2.24, 2.45) is 0 Å². The van der Waals surface area contributed by atoms with Crippen LogP contribution in [0.25, 0.3) is 11.1 Å². The molecule has 3 rings (SSSR count). The van der Waals surface area contributed by atoms with E-state index in [-0.39, 0.29) is 5.78 Å². The standard InChI is InChI=1S/C13H8BrNO/c14-7-1-3-9-10-4-2-8(15)6-12(10)13(16)11(9)5-7/h1-6H,15H2. The first-order chi connectivity index (χ1) is 7.66. The maximum atomic E-state index is 12.1. The average molecular weight is 274 g/mol. The summed E-state index contributed by atoms with van der Waals surface area (Å²) in [6, 6.07) is 11.2. The van der Waals surface area contributed by atoms with Gasteiger partial charge >= 0.3 is 0 Å². The number of carbonyl (C=O) groups is 1. The van der Waals surface area contributed by atoms with E-state index < -0.39 is 0 Å². The molecule has 2 aromatic carbocycles. The van der Waals surface area contributed by atoms with Crippen LogP contribution in [0.5, 0.6) is 0 Å². The van der Waals surface area contributed by atoms with Gasteiger partial charge in [-0.25, -0.2) is 0 Å². The third kappa shape index (κ3) is 1.21. The van der Waals surface area contributed by atoms with Crippen LogP contribution < -0.4 is 5.73 Å². The predicted molar refractivity (Wildman–Crippen MR) is 67.4 cm³/mol. The first kappa shape index (κ1) is 9.60. The molecule has 78 valence electrons. The maximum Gasteiger partial charge on any atom is 0.194 e. The second kappa shape index (κ2) is 3.19. The van der Waals surface area contributed by atoms with Gasteiger partial charge in [0, 0.05) is 21.3 Å². The fourth-order valence-electron chi connectivity index (χ4n) is 2.07. The molecule has 0 unspecified atom stereocenters. The Morgan fingerprint density at radius 2 is 1.50 bits per heavy atom. The Balaban J connectivity index is 2.34. The van der Waals surface area contributed by atoms with Crippen molar-refractivity contribution in [2.75, 3.05) is 5.73 Å². The second-order valence-corrected chi connectivity index (χ2v) is 4.74. The van der Waals surface area contributed by atoms with Crippen LogP contribution in [0, 0.1) is 0 Å². The molecule has 0 atom stereocenters. The molecule has 0 fully saturated rings. The molecule has 0 spiro atoms. The molecule has 2 aromatic rings. The van der Waals surface area contributed by atoms with Crippen molar-refractivity contribution in [2.45, 2.75) is 0 Å². The van der Waals surface area contributed by atoms with Crippen molar-refractivity contribution in [3.05, 3.63) is 52.0 Å². The fourth-order valence-corrected chi connectivity index (χ4v) is 2.43.